The van der Waals surface area contributed by atoms with Gasteiger partial charge < -0.3 is 20.1 Å². The standard InChI is InChI=1S/C20H31N3O2/c1-5-21-20(22-11-8-17-9-12-25-13-10-17)23-16(3)18-14-15(2)6-7-19(18)24-4/h6-7,9,14,16H,5,8,10-13H2,1-4H3,(H2,21,22,23). The van der Waals surface area contributed by atoms with Crippen LogP contribution in [0.15, 0.2) is 34.8 Å². The van der Waals surface area contributed by atoms with Crippen molar-refractivity contribution in [1.82, 2.24) is 10.6 Å². The number of methoxy groups -OCH3 is 1. The van der Waals surface area contributed by atoms with Crippen LogP contribution in [0.2, 0.25) is 0 Å². The summed E-state index contributed by atoms with van der Waals surface area (Å²) in [6, 6.07) is 6.35. The van der Waals surface area contributed by atoms with Crippen LogP contribution in [0.4, 0.5) is 0 Å². The fourth-order valence-electron chi connectivity index (χ4n) is 2.90. The molecular weight excluding hydrogens is 314 g/mol. The lowest BCUT2D eigenvalue weighted by Gasteiger charge is -2.21. The van der Waals surface area contributed by atoms with E-state index in [1.165, 1.54) is 11.1 Å². The number of guanidine groups is 1. The molecule has 1 atom stereocenters. The molecule has 25 heavy (non-hydrogen) atoms. The van der Waals surface area contributed by atoms with Gasteiger partial charge in [0.2, 0.25) is 0 Å². The van der Waals surface area contributed by atoms with E-state index in [9.17, 15) is 0 Å². The SMILES string of the molecule is CCNC(=NCCC1=CCOCC1)NC(C)c1cc(C)ccc1OC. The van der Waals surface area contributed by atoms with Crippen LogP contribution in [0.5, 0.6) is 5.75 Å². The minimum atomic E-state index is 0.106. The maximum Gasteiger partial charge on any atom is 0.191 e. The fraction of sp³-hybridized carbons (Fsp3) is 0.550. The van der Waals surface area contributed by atoms with Crippen LogP contribution >= 0.6 is 0 Å². The maximum atomic E-state index is 5.50. The molecule has 2 rings (SSSR count). The van der Waals surface area contributed by atoms with Crippen molar-refractivity contribution in [2.45, 2.75) is 39.7 Å². The monoisotopic (exact) mass is 345 g/mol. The van der Waals surface area contributed by atoms with Crippen LogP contribution in [-0.2, 0) is 4.74 Å². The summed E-state index contributed by atoms with van der Waals surface area (Å²) in [7, 11) is 1.71. The Balaban J connectivity index is 2.00. The molecule has 138 valence electrons. The van der Waals surface area contributed by atoms with Crippen molar-refractivity contribution in [3.63, 3.8) is 0 Å². The molecule has 5 nitrogen and oxygen atoms in total. The van der Waals surface area contributed by atoms with Crippen molar-refractivity contribution < 1.29 is 9.47 Å². The predicted octanol–water partition coefficient (Wildman–Crippen LogP) is 3.36. The maximum absolute atomic E-state index is 5.50. The Hall–Kier alpha value is -2.01. The topological polar surface area (TPSA) is 54.9 Å². The van der Waals surface area contributed by atoms with Crippen molar-refractivity contribution in [3.8, 4) is 5.75 Å². The van der Waals surface area contributed by atoms with Gasteiger partial charge in [-0.15, -0.1) is 0 Å². The average molecular weight is 345 g/mol. The van der Waals surface area contributed by atoms with Gasteiger partial charge in [0.1, 0.15) is 5.75 Å². The molecule has 0 amide bonds. The third-order valence-corrected chi connectivity index (χ3v) is 4.31. The molecule has 0 saturated heterocycles. The number of aryl methyl sites for hydroxylation is 1. The van der Waals surface area contributed by atoms with Gasteiger partial charge in [-0.05, 0) is 39.7 Å². The summed E-state index contributed by atoms with van der Waals surface area (Å²) in [4.78, 5) is 4.72. The van der Waals surface area contributed by atoms with E-state index < -0.39 is 0 Å². The second kappa shape index (κ2) is 10.1. The van der Waals surface area contributed by atoms with Gasteiger partial charge in [-0.3, -0.25) is 4.99 Å². The van der Waals surface area contributed by atoms with Crippen molar-refractivity contribution in [3.05, 3.63) is 41.0 Å². The van der Waals surface area contributed by atoms with Crippen LogP contribution in [0.3, 0.4) is 0 Å². The highest BCUT2D eigenvalue weighted by Gasteiger charge is 2.13. The normalized spacial score (nSPS) is 16.2. The molecule has 1 aromatic carbocycles. The summed E-state index contributed by atoms with van der Waals surface area (Å²) >= 11 is 0. The van der Waals surface area contributed by atoms with Gasteiger partial charge in [0, 0.05) is 18.7 Å². The zero-order valence-corrected chi connectivity index (χ0v) is 15.9. The summed E-state index contributed by atoms with van der Waals surface area (Å²) in [6.45, 7) is 9.48. The molecular formula is C20H31N3O2. The molecule has 0 saturated carbocycles. The first-order valence-electron chi connectivity index (χ1n) is 9.09. The van der Waals surface area contributed by atoms with Gasteiger partial charge in [0.15, 0.2) is 5.96 Å². The molecule has 0 bridgehead atoms. The Morgan fingerprint density at radius 1 is 1.40 bits per heavy atom. The van der Waals surface area contributed by atoms with Crippen LogP contribution in [0.1, 0.15) is 43.9 Å². The summed E-state index contributed by atoms with van der Waals surface area (Å²) in [5, 5.41) is 6.82. The van der Waals surface area contributed by atoms with E-state index in [0.29, 0.717) is 0 Å². The molecule has 5 heteroatoms. The van der Waals surface area contributed by atoms with Crippen LogP contribution in [-0.4, -0.2) is 39.4 Å². The molecule has 0 radical (unpaired) electrons. The predicted molar refractivity (Wildman–Crippen MR) is 103 cm³/mol. The van der Waals surface area contributed by atoms with Crippen LogP contribution in [0.25, 0.3) is 0 Å². The van der Waals surface area contributed by atoms with Crippen molar-refractivity contribution >= 4 is 5.96 Å². The lowest BCUT2D eigenvalue weighted by molar-refractivity contribution is 0.153. The molecule has 0 aromatic heterocycles. The summed E-state index contributed by atoms with van der Waals surface area (Å²) in [5.41, 5.74) is 3.80. The number of ether oxygens (including phenoxy) is 2. The molecule has 0 fully saturated rings. The van der Waals surface area contributed by atoms with Gasteiger partial charge in [0.25, 0.3) is 0 Å². The van der Waals surface area contributed by atoms with Gasteiger partial charge >= 0.3 is 0 Å². The van der Waals surface area contributed by atoms with Crippen molar-refractivity contribution in [1.29, 1.82) is 0 Å². The van der Waals surface area contributed by atoms with Gasteiger partial charge in [0.05, 0.1) is 26.4 Å². The summed E-state index contributed by atoms with van der Waals surface area (Å²) in [6.07, 6.45) is 4.19. The Kier molecular flexibility index (Phi) is 7.79. The fourth-order valence-corrected chi connectivity index (χ4v) is 2.90. The highest BCUT2D eigenvalue weighted by Crippen LogP contribution is 2.26. The van der Waals surface area contributed by atoms with Gasteiger partial charge in [-0.25, -0.2) is 0 Å². The van der Waals surface area contributed by atoms with Gasteiger partial charge in [-0.2, -0.15) is 0 Å². The van der Waals surface area contributed by atoms with E-state index in [1.807, 2.05) is 6.07 Å². The first-order valence-corrected chi connectivity index (χ1v) is 9.09. The number of rotatable bonds is 7. The molecule has 0 aliphatic carbocycles. The molecule has 2 N–H and O–H groups in total. The highest BCUT2D eigenvalue weighted by atomic mass is 16.5. The highest BCUT2D eigenvalue weighted by molar-refractivity contribution is 5.80. The van der Waals surface area contributed by atoms with Crippen LogP contribution < -0.4 is 15.4 Å². The number of nitrogens with one attached hydrogen (secondary N) is 2. The quantitative estimate of drug-likeness (QED) is 0.452. The molecule has 1 aliphatic rings. The van der Waals surface area contributed by atoms with Crippen LogP contribution in [0, 0.1) is 6.92 Å². The number of hydrogen-bond acceptors (Lipinski definition) is 3. The molecule has 1 aliphatic heterocycles. The lowest BCUT2D eigenvalue weighted by atomic mass is 10.0. The second-order valence-electron chi connectivity index (χ2n) is 6.31. The smallest absolute Gasteiger partial charge is 0.191 e. The van der Waals surface area contributed by atoms with E-state index in [1.54, 1.807) is 7.11 Å². The third kappa shape index (κ3) is 6.09. The minimum absolute atomic E-state index is 0.106. The Bertz CT molecular complexity index is 611. The zero-order chi connectivity index (χ0) is 18.1. The average Bonchev–Trinajstić information content (AvgIpc) is 2.62. The van der Waals surface area contributed by atoms with E-state index in [0.717, 1.165) is 56.4 Å². The summed E-state index contributed by atoms with van der Waals surface area (Å²) < 4.78 is 10.9. The second-order valence-corrected chi connectivity index (χ2v) is 6.31. The van der Waals surface area contributed by atoms with Crippen molar-refractivity contribution in [2.75, 3.05) is 33.4 Å². The molecule has 0 spiro atoms. The third-order valence-electron chi connectivity index (χ3n) is 4.31. The number of nitrogens with zero attached hydrogens (tertiary/aromatic N) is 1. The largest absolute Gasteiger partial charge is 0.496 e. The first kappa shape index (κ1) is 19.3. The Morgan fingerprint density at radius 3 is 2.92 bits per heavy atom. The number of aliphatic imine (C=N–C) groups is 1. The summed E-state index contributed by atoms with van der Waals surface area (Å²) in [5.74, 6) is 1.74. The van der Waals surface area contributed by atoms with E-state index in [4.69, 9.17) is 14.5 Å². The number of hydrogen-bond donors (Lipinski definition) is 2. The molecule has 1 heterocycles. The Labute approximate surface area is 151 Å². The van der Waals surface area contributed by atoms with E-state index in [-0.39, 0.29) is 6.04 Å². The number of benzene rings is 1. The molecule has 1 aromatic rings. The first-order chi connectivity index (χ1) is 12.1. The molecule has 1 unspecified atom stereocenters. The zero-order valence-electron chi connectivity index (χ0n) is 15.9. The van der Waals surface area contributed by atoms with E-state index in [2.05, 4.69) is 49.6 Å². The minimum Gasteiger partial charge on any atom is -0.496 e. The van der Waals surface area contributed by atoms with Gasteiger partial charge in [-0.1, -0.05) is 29.3 Å². The van der Waals surface area contributed by atoms with E-state index >= 15 is 0 Å². The lowest BCUT2D eigenvalue weighted by Crippen LogP contribution is -2.39. The van der Waals surface area contributed by atoms with Crippen molar-refractivity contribution in [2.24, 2.45) is 4.99 Å². The Morgan fingerprint density at radius 2 is 2.24 bits per heavy atom.